The first-order chi connectivity index (χ1) is 22.9. The van der Waals surface area contributed by atoms with Gasteiger partial charge in [-0.15, -0.1) is 23.2 Å². The van der Waals surface area contributed by atoms with Crippen molar-refractivity contribution in [2.24, 2.45) is 0 Å². The van der Waals surface area contributed by atoms with Gasteiger partial charge in [0.15, 0.2) is 0 Å². The summed E-state index contributed by atoms with van der Waals surface area (Å²) in [4.78, 5) is 0. The highest BCUT2D eigenvalue weighted by Crippen LogP contribution is 2.35. The van der Waals surface area contributed by atoms with Crippen LogP contribution in [0.4, 0.5) is 0 Å². The molecule has 0 aliphatic carbocycles. The zero-order valence-electron chi connectivity index (χ0n) is 27.9. The van der Waals surface area contributed by atoms with Crippen LogP contribution in [0, 0.1) is 0 Å². The molecule has 0 bridgehead atoms. The van der Waals surface area contributed by atoms with Gasteiger partial charge >= 0.3 is 0 Å². The Morgan fingerprint density at radius 2 is 0.625 bits per heavy atom. The Bertz CT molecular complexity index is 1410. The molecule has 48 heavy (non-hydrogen) atoms. The third-order valence-corrected chi connectivity index (χ3v) is 9.14. The van der Waals surface area contributed by atoms with Crippen LogP contribution in [0.25, 0.3) is 0 Å². The van der Waals surface area contributed by atoms with Crippen molar-refractivity contribution >= 4 is 23.2 Å². The van der Waals surface area contributed by atoms with E-state index in [9.17, 15) is 15.3 Å². The van der Waals surface area contributed by atoms with Crippen LogP contribution in [0.5, 0.6) is 23.0 Å². The number of rotatable bonds is 18. The van der Waals surface area contributed by atoms with E-state index in [4.69, 9.17) is 42.1 Å². The number of benzene rings is 4. The monoisotopic (exact) mass is 696 g/mol. The molecule has 0 saturated heterocycles. The molecule has 4 aromatic rings. The predicted octanol–water partition coefficient (Wildman–Crippen LogP) is 7.11. The van der Waals surface area contributed by atoms with Gasteiger partial charge in [-0.25, -0.2) is 0 Å². The molecule has 258 valence electrons. The van der Waals surface area contributed by atoms with E-state index in [0.717, 1.165) is 22.3 Å². The first-order valence-corrected chi connectivity index (χ1v) is 17.1. The third-order valence-electron chi connectivity index (χ3n) is 8.43. The molecule has 3 N–H and O–H groups in total. The molecule has 0 heterocycles. The smallest absolute Gasteiger partial charge is 0.122 e. The Balaban J connectivity index is 1.24. The Hall–Kier alpha value is -3.46. The number of alkyl halides is 2. The molecule has 0 radical (unpaired) electrons. The second kappa shape index (κ2) is 17.3. The molecule has 0 aromatic heterocycles. The second-order valence-corrected chi connectivity index (χ2v) is 13.5. The predicted molar refractivity (Wildman–Crippen MR) is 191 cm³/mol. The molecule has 2 atom stereocenters. The summed E-state index contributed by atoms with van der Waals surface area (Å²) in [5.74, 6) is 2.94. The van der Waals surface area contributed by atoms with Crippen molar-refractivity contribution in [1.29, 1.82) is 0 Å². The number of aliphatic hydroxyl groups is 3. The first kappa shape index (κ1) is 37.4. The quantitative estimate of drug-likeness (QED) is 0.0954. The van der Waals surface area contributed by atoms with Crippen LogP contribution in [-0.2, 0) is 10.8 Å². The SMILES string of the molecule is CC(C)(c1ccc(OCC(O)CCl)cc1)c1ccc(OCC(O)COc2ccc(C(C)(C)c3ccc(OCC(O)CCl)cc3)cc2)cc1. The van der Waals surface area contributed by atoms with E-state index in [2.05, 4.69) is 27.7 Å². The average molecular weight is 698 g/mol. The average Bonchev–Trinajstić information content (AvgIpc) is 3.11. The Labute approximate surface area is 294 Å². The minimum atomic E-state index is -0.810. The molecule has 0 aliphatic rings. The number of hydrogen-bond acceptors (Lipinski definition) is 7. The number of aliphatic hydroxyl groups excluding tert-OH is 3. The lowest BCUT2D eigenvalue weighted by molar-refractivity contribution is 0.0626. The van der Waals surface area contributed by atoms with Gasteiger partial charge in [0.2, 0.25) is 0 Å². The maximum atomic E-state index is 10.5. The summed E-state index contributed by atoms with van der Waals surface area (Å²) in [6.07, 6.45) is -2.21. The molecule has 0 saturated carbocycles. The lowest BCUT2D eigenvalue weighted by atomic mass is 9.78. The van der Waals surface area contributed by atoms with Crippen LogP contribution in [0.2, 0.25) is 0 Å². The van der Waals surface area contributed by atoms with Gasteiger partial charge in [0.25, 0.3) is 0 Å². The highest BCUT2D eigenvalue weighted by molar-refractivity contribution is 6.18. The molecular formula is C39H46Cl2O7. The van der Waals surface area contributed by atoms with Gasteiger partial charge in [0.1, 0.15) is 67.7 Å². The Kier molecular flexibility index (Phi) is 13.4. The van der Waals surface area contributed by atoms with Crippen LogP contribution < -0.4 is 18.9 Å². The van der Waals surface area contributed by atoms with Crippen molar-refractivity contribution in [3.05, 3.63) is 119 Å². The van der Waals surface area contributed by atoms with Crippen LogP contribution in [0.15, 0.2) is 97.1 Å². The summed E-state index contributed by atoms with van der Waals surface area (Å²) in [6.45, 7) is 9.09. The van der Waals surface area contributed by atoms with Crippen molar-refractivity contribution in [1.82, 2.24) is 0 Å². The van der Waals surface area contributed by atoms with E-state index < -0.39 is 18.3 Å². The maximum Gasteiger partial charge on any atom is 0.122 e. The van der Waals surface area contributed by atoms with Crippen molar-refractivity contribution in [2.75, 3.05) is 38.2 Å². The molecule has 4 rings (SSSR count). The highest BCUT2D eigenvalue weighted by atomic mass is 35.5. The van der Waals surface area contributed by atoms with Crippen LogP contribution in [-0.4, -0.2) is 71.8 Å². The second-order valence-electron chi connectivity index (χ2n) is 12.9. The molecule has 0 aliphatic heterocycles. The fourth-order valence-corrected chi connectivity index (χ4v) is 5.29. The molecule has 0 spiro atoms. The van der Waals surface area contributed by atoms with E-state index >= 15 is 0 Å². The summed E-state index contributed by atoms with van der Waals surface area (Å²) < 4.78 is 22.9. The van der Waals surface area contributed by atoms with E-state index in [0.29, 0.717) is 23.0 Å². The fourth-order valence-electron chi connectivity index (χ4n) is 5.11. The normalized spacial score (nSPS) is 13.8. The van der Waals surface area contributed by atoms with E-state index in [1.54, 1.807) is 0 Å². The number of hydrogen-bond donors (Lipinski definition) is 3. The Morgan fingerprint density at radius 3 is 0.833 bits per heavy atom. The summed E-state index contributed by atoms with van der Waals surface area (Å²) >= 11 is 11.3. The minimum Gasteiger partial charge on any atom is -0.491 e. The van der Waals surface area contributed by atoms with Gasteiger partial charge in [0, 0.05) is 10.8 Å². The zero-order chi connectivity index (χ0) is 34.7. The van der Waals surface area contributed by atoms with E-state index in [-0.39, 0.29) is 49.0 Å². The van der Waals surface area contributed by atoms with Crippen molar-refractivity contribution in [3.8, 4) is 23.0 Å². The first-order valence-electron chi connectivity index (χ1n) is 16.0. The van der Waals surface area contributed by atoms with E-state index in [1.807, 2.05) is 97.1 Å². The molecule has 7 nitrogen and oxygen atoms in total. The van der Waals surface area contributed by atoms with Gasteiger partial charge in [-0.2, -0.15) is 0 Å². The summed E-state index contributed by atoms with van der Waals surface area (Å²) in [5, 5.41) is 29.8. The minimum absolute atomic E-state index is 0.0955. The van der Waals surface area contributed by atoms with Crippen molar-refractivity contribution < 1.29 is 34.3 Å². The van der Waals surface area contributed by atoms with Gasteiger partial charge < -0.3 is 34.3 Å². The standard InChI is InChI=1S/C39H46Cl2O7/c1-38(2,27-5-13-34(14-6-27)45-23-31(42)21-40)29-9-17-36(18-10-29)47-25-33(44)26-48-37-19-11-30(12-20-37)39(3,4)28-7-15-35(16-8-28)46-24-32(43)22-41/h5-20,31-33,42-44H,21-26H2,1-4H3. The number of halogens is 2. The Morgan fingerprint density at radius 1 is 0.417 bits per heavy atom. The van der Waals surface area contributed by atoms with Crippen LogP contribution >= 0.6 is 23.2 Å². The van der Waals surface area contributed by atoms with Gasteiger partial charge in [-0.1, -0.05) is 76.2 Å². The molecular weight excluding hydrogens is 651 g/mol. The van der Waals surface area contributed by atoms with Crippen LogP contribution in [0.1, 0.15) is 49.9 Å². The lowest BCUT2D eigenvalue weighted by Gasteiger charge is -2.27. The summed E-state index contributed by atoms with van der Waals surface area (Å²) in [5.41, 5.74) is 3.93. The molecule has 0 fully saturated rings. The van der Waals surface area contributed by atoms with Gasteiger partial charge in [-0.3, -0.25) is 0 Å². The molecule has 0 amide bonds. The molecule has 4 aromatic carbocycles. The van der Waals surface area contributed by atoms with Gasteiger partial charge in [0.05, 0.1) is 11.8 Å². The zero-order valence-corrected chi connectivity index (χ0v) is 29.5. The largest absolute Gasteiger partial charge is 0.491 e. The third kappa shape index (κ3) is 10.3. The maximum absolute atomic E-state index is 10.5. The highest BCUT2D eigenvalue weighted by Gasteiger charge is 2.24. The topological polar surface area (TPSA) is 97.6 Å². The molecule has 2 unspecified atom stereocenters. The lowest BCUT2D eigenvalue weighted by Crippen LogP contribution is -2.25. The fraction of sp³-hybridized carbons (Fsp3) is 0.385. The summed E-state index contributed by atoms with van der Waals surface area (Å²) in [7, 11) is 0. The van der Waals surface area contributed by atoms with Gasteiger partial charge in [-0.05, 0) is 70.8 Å². The van der Waals surface area contributed by atoms with Crippen molar-refractivity contribution in [3.63, 3.8) is 0 Å². The van der Waals surface area contributed by atoms with E-state index in [1.165, 1.54) is 0 Å². The van der Waals surface area contributed by atoms with Crippen LogP contribution in [0.3, 0.4) is 0 Å². The molecule has 9 heteroatoms. The number of ether oxygens (including phenoxy) is 4. The van der Waals surface area contributed by atoms with Crippen molar-refractivity contribution in [2.45, 2.75) is 56.8 Å². The summed E-state index contributed by atoms with van der Waals surface area (Å²) in [6, 6.07) is 31.4.